The summed E-state index contributed by atoms with van der Waals surface area (Å²) < 4.78 is 119. The van der Waals surface area contributed by atoms with E-state index in [1.807, 2.05) is 0 Å². The number of esters is 3. The molecular weight excluding hydrogens is 423 g/mol. The number of alkyl halides is 9. The molecule has 0 fully saturated rings. The van der Waals surface area contributed by atoms with Gasteiger partial charge in [0.15, 0.2) is 19.8 Å². The second-order valence-electron chi connectivity index (χ2n) is 4.97. The van der Waals surface area contributed by atoms with Gasteiger partial charge in [0, 0.05) is 5.57 Å². The van der Waals surface area contributed by atoms with Crippen molar-refractivity contribution >= 4 is 17.9 Å². The van der Waals surface area contributed by atoms with Gasteiger partial charge in [-0.2, -0.15) is 39.5 Å². The van der Waals surface area contributed by atoms with Crippen molar-refractivity contribution in [1.82, 2.24) is 0 Å². The second kappa shape index (κ2) is 9.64. The molecule has 15 heteroatoms. The van der Waals surface area contributed by atoms with Crippen LogP contribution in [-0.4, -0.2) is 56.3 Å². The zero-order valence-corrected chi connectivity index (χ0v) is 13.5. The topological polar surface area (TPSA) is 78.9 Å². The van der Waals surface area contributed by atoms with Gasteiger partial charge in [0.25, 0.3) is 0 Å². The van der Waals surface area contributed by atoms with Crippen LogP contribution in [0.5, 0.6) is 0 Å². The van der Waals surface area contributed by atoms with Gasteiger partial charge in [-0.15, -0.1) is 0 Å². The minimum Gasteiger partial charge on any atom is -0.456 e. The highest BCUT2D eigenvalue weighted by Gasteiger charge is 2.38. The van der Waals surface area contributed by atoms with Gasteiger partial charge in [0.2, 0.25) is 0 Å². The van der Waals surface area contributed by atoms with Gasteiger partial charge < -0.3 is 14.2 Å². The minimum atomic E-state index is -5.05. The van der Waals surface area contributed by atoms with Crippen LogP contribution < -0.4 is 0 Å². The molecule has 0 spiro atoms. The molecule has 0 aromatic heterocycles. The molecule has 28 heavy (non-hydrogen) atoms. The Morgan fingerprint density at radius 3 is 1.54 bits per heavy atom. The van der Waals surface area contributed by atoms with Crippen LogP contribution in [-0.2, 0) is 28.6 Å². The fourth-order valence-electron chi connectivity index (χ4n) is 1.37. The van der Waals surface area contributed by atoms with Crippen LogP contribution in [0.4, 0.5) is 39.5 Å². The lowest BCUT2D eigenvalue weighted by atomic mass is 9.97. The van der Waals surface area contributed by atoms with Crippen LogP contribution in [0.1, 0.15) is 6.42 Å². The van der Waals surface area contributed by atoms with Crippen molar-refractivity contribution in [3.63, 3.8) is 0 Å². The molecule has 6 nitrogen and oxygen atoms in total. The summed E-state index contributed by atoms with van der Waals surface area (Å²) in [5, 5.41) is 0. The summed E-state index contributed by atoms with van der Waals surface area (Å²) in [5.74, 6) is -8.08. The molecule has 0 heterocycles. The lowest BCUT2D eigenvalue weighted by Gasteiger charge is -2.18. The average molecular weight is 434 g/mol. The van der Waals surface area contributed by atoms with E-state index < -0.39 is 74.2 Å². The van der Waals surface area contributed by atoms with Gasteiger partial charge in [-0.25, -0.2) is 4.79 Å². The maximum absolute atomic E-state index is 12.1. The fourth-order valence-corrected chi connectivity index (χ4v) is 1.37. The van der Waals surface area contributed by atoms with E-state index in [0.29, 0.717) is 0 Å². The van der Waals surface area contributed by atoms with E-state index in [1.54, 1.807) is 0 Å². The van der Waals surface area contributed by atoms with Gasteiger partial charge in [-0.3, -0.25) is 9.59 Å². The summed E-state index contributed by atoms with van der Waals surface area (Å²) in [6.07, 6.45) is -16.5. The molecule has 1 unspecified atom stereocenters. The molecule has 0 saturated heterocycles. The number of rotatable bonds is 8. The van der Waals surface area contributed by atoms with Crippen molar-refractivity contribution in [2.45, 2.75) is 24.9 Å². The standard InChI is InChI=1S/C13H11F9O6/c1-6(9(24)27-4-12(17,18)19)7(10(25)28-5-13(20,21)22)2-8(23)26-3-11(14,15)16/h7H,1-5H2. The van der Waals surface area contributed by atoms with Crippen molar-refractivity contribution in [3.05, 3.63) is 12.2 Å². The molecule has 0 bridgehead atoms. The Balaban J connectivity index is 5.20. The maximum atomic E-state index is 12.1. The van der Waals surface area contributed by atoms with E-state index in [1.165, 1.54) is 0 Å². The van der Waals surface area contributed by atoms with Crippen LogP contribution in [0.3, 0.4) is 0 Å². The second-order valence-corrected chi connectivity index (χ2v) is 4.97. The lowest BCUT2D eigenvalue weighted by Crippen LogP contribution is -2.32. The Morgan fingerprint density at radius 1 is 0.714 bits per heavy atom. The van der Waals surface area contributed by atoms with Gasteiger partial charge in [-0.1, -0.05) is 6.58 Å². The molecule has 0 rings (SSSR count). The molecule has 0 N–H and O–H groups in total. The van der Waals surface area contributed by atoms with E-state index in [4.69, 9.17) is 0 Å². The third-order valence-corrected chi connectivity index (χ3v) is 2.48. The van der Waals surface area contributed by atoms with Gasteiger partial charge in [0.1, 0.15) is 0 Å². The predicted octanol–water partition coefficient (Wildman–Crippen LogP) is 2.87. The number of ether oxygens (including phenoxy) is 3. The highest BCUT2D eigenvalue weighted by atomic mass is 19.4. The molecule has 162 valence electrons. The minimum absolute atomic E-state index is 1.25. The van der Waals surface area contributed by atoms with Crippen molar-refractivity contribution in [2.24, 2.45) is 5.92 Å². The lowest BCUT2D eigenvalue weighted by molar-refractivity contribution is -0.193. The Hall–Kier alpha value is -2.48. The van der Waals surface area contributed by atoms with Crippen molar-refractivity contribution in [3.8, 4) is 0 Å². The zero-order valence-electron chi connectivity index (χ0n) is 13.5. The summed E-state index contributed by atoms with van der Waals surface area (Å²) in [5.41, 5.74) is -1.25. The molecule has 0 saturated carbocycles. The first-order chi connectivity index (χ1) is 12.4. The van der Waals surface area contributed by atoms with E-state index in [-0.39, 0.29) is 0 Å². The maximum Gasteiger partial charge on any atom is 0.422 e. The number of hydrogen-bond donors (Lipinski definition) is 0. The summed E-state index contributed by atoms with van der Waals surface area (Å²) in [7, 11) is 0. The molecule has 0 aromatic rings. The van der Waals surface area contributed by atoms with Crippen LogP contribution in [0, 0.1) is 5.92 Å². The average Bonchev–Trinajstić information content (AvgIpc) is 2.50. The molecule has 0 radical (unpaired) electrons. The van der Waals surface area contributed by atoms with Crippen molar-refractivity contribution in [1.29, 1.82) is 0 Å². The summed E-state index contributed by atoms with van der Waals surface area (Å²) in [4.78, 5) is 34.4. The monoisotopic (exact) mass is 434 g/mol. The van der Waals surface area contributed by atoms with Crippen LogP contribution >= 0.6 is 0 Å². The largest absolute Gasteiger partial charge is 0.456 e. The van der Waals surface area contributed by atoms with Crippen LogP contribution in [0.2, 0.25) is 0 Å². The van der Waals surface area contributed by atoms with Crippen LogP contribution in [0.15, 0.2) is 12.2 Å². The van der Waals surface area contributed by atoms with E-state index in [0.717, 1.165) is 0 Å². The molecule has 0 aliphatic carbocycles. The van der Waals surface area contributed by atoms with Gasteiger partial charge in [0.05, 0.1) is 12.3 Å². The van der Waals surface area contributed by atoms with Gasteiger partial charge >= 0.3 is 36.4 Å². The Labute approximate surface area is 150 Å². The Bertz CT molecular complexity index is 591. The zero-order chi connectivity index (χ0) is 22.3. The molecule has 0 aliphatic rings. The normalized spacial score (nSPS) is 13.5. The fraction of sp³-hybridized carbons (Fsp3) is 0.615. The van der Waals surface area contributed by atoms with Crippen LogP contribution in [0.25, 0.3) is 0 Å². The summed E-state index contributed by atoms with van der Waals surface area (Å²) in [6.45, 7) is -3.66. The molecule has 0 amide bonds. The molecule has 0 aliphatic heterocycles. The number of hydrogen-bond acceptors (Lipinski definition) is 6. The number of carbonyl (C=O) groups is 3. The first-order valence-electron chi connectivity index (χ1n) is 6.79. The van der Waals surface area contributed by atoms with Crippen molar-refractivity contribution < 1.29 is 68.1 Å². The number of carbonyl (C=O) groups excluding carboxylic acids is 3. The summed E-state index contributed by atoms with van der Waals surface area (Å²) >= 11 is 0. The third-order valence-electron chi connectivity index (χ3n) is 2.48. The first kappa shape index (κ1) is 25.5. The quantitative estimate of drug-likeness (QED) is 0.253. The Morgan fingerprint density at radius 2 is 1.11 bits per heavy atom. The summed E-state index contributed by atoms with van der Waals surface area (Å²) in [6, 6.07) is 0. The highest BCUT2D eigenvalue weighted by molar-refractivity contribution is 5.96. The molecular formula is C13H11F9O6. The number of halogens is 9. The first-order valence-corrected chi connectivity index (χ1v) is 6.79. The van der Waals surface area contributed by atoms with E-state index in [9.17, 15) is 53.9 Å². The van der Waals surface area contributed by atoms with Gasteiger partial charge in [-0.05, 0) is 0 Å². The smallest absolute Gasteiger partial charge is 0.422 e. The van der Waals surface area contributed by atoms with E-state index in [2.05, 4.69) is 20.8 Å². The molecule has 1 atom stereocenters. The predicted molar refractivity (Wildman–Crippen MR) is 68.3 cm³/mol. The highest BCUT2D eigenvalue weighted by Crippen LogP contribution is 2.23. The Kier molecular flexibility index (Phi) is 8.78. The third kappa shape index (κ3) is 12.0. The van der Waals surface area contributed by atoms with Crippen molar-refractivity contribution in [2.75, 3.05) is 19.8 Å². The van der Waals surface area contributed by atoms with E-state index >= 15 is 0 Å². The SMILES string of the molecule is C=C(C(=O)OCC(F)(F)F)C(CC(=O)OCC(F)(F)F)C(=O)OCC(F)(F)F. The molecule has 0 aromatic carbocycles.